The maximum atomic E-state index is 12.1. The number of hydrogen-bond acceptors (Lipinski definition) is 4. The molecular weight excluding hydrogens is 282 g/mol. The number of anilines is 1. The highest BCUT2D eigenvalue weighted by molar-refractivity contribution is 6.03. The van der Waals surface area contributed by atoms with E-state index >= 15 is 0 Å². The standard InChI is InChI=1S/C16H23N3O3/c17-8-9-18-16(21)13-6-1-2-7-14(13)19-15(20)11-12-5-3-4-10-22-12/h1-2,6-7,12H,3-5,8-11,17H2,(H,18,21)(H,19,20). The molecule has 1 aliphatic heterocycles. The van der Waals surface area contributed by atoms with Gasteiger partial charge in [-0.2, -0.15) is 0 Å². The second kappa shape index (κ2) is 8.51. The minimum absolute atomic E-state index is 0.0213. The molecule has 1 aliphatic rings. The van der Waals surface area contributed by atoms with Crippen LogP contribution in [0, 0.1) is 0 Å². The molecule has 0 aliphatic carbocycles. The minimum Gasteiger partial charge on any atom is -0.378 e. The number of hydrogen-bond donors (Lipinski definition) is 3. The lowest BCUT2D eigenvalue weighted by Gasteiger charge is -2.22. The largest absolute Gasteiger partial charge is 0.378 e. The Morgan fingerprint density at radius 2 is 2.09 bits per heavy atom. The van der Waals surface area contributed by atoms with E-state index in [-0.39, 0.29) is 17.9 Å². The lowest BCUT2D eigenvalue weighted by atomic mass is 10.1. The van der Waals surface area contributed by atoms with Crippen molar-refractivity contribution in [1.29, 1.82) is 0 Å². The molecule has 1 aromatic carbocycles. The van der Waals surface area contributed by atoms with Crippen LogP contribution in [0.2, 0.25) is 0 Å². The summed E-state index contributed by atoms with van der Waals surface area (Å²) in [4.78, 5) is 24.2. The summed E-state index contributed by atoms with van der Waals surface area (Å²) in [6.45, 7) is 1.49. The summed E-state index contributed by atoms with van der Waals surface area (Å²) in [5.74, 6) is -0.374. The fraction of sp³-hybridized carbons (Fsp3) is 0.500. The Morgan fingerprint density at radius 3 is 2.82 bits per heavy atom. The number of para-hydroxylation sites is 1. The quantitative estimate of drug-likeness (QED) is 0.738. The van der Waals surface area contributed by atoms with Crippen LogP contribution in [0.1, 0.15) is 36.0 Å². The molecular formula is C16H23N3O3. The van der Waals surface area contributed by atoms with E-state index in [1.165, 1.54) is 0 Å². The van der Waals surface area contributed by atoms with Gasteiger partial charge in [-0.1, -0.05) is 12.1 Å². The van der Waals surface area contributed by atoms with Crippen molar-refractivity contribution in [3.8, 4) is 0 Å². The zero-order valence-electron chi connectivity index (χ0n) is 12.6. The third-order valence-electron chi connectivity index (χ3n) is 3.56. The van der Waals surface area contributed by atoms with Crippen LogP contribution in [0.3, 0.4) is 0 Å². The van der Waals surface area contributed by atoms with Gasteiger partial charge in [-0.05, 0) is 31.4 Å². The van der Waals surface area contributed by atoms with Crippen LogP contribution in [0.25, 0.3) is 0 Å². The van der Waals surface area contributed by atoms with E-state index in [9.17, 15) is 9.59 Å². The molecule has 1 aromatic rings. The van der Waals surface area contributed by atoms with Crippen LogP contribution in [0.5, 0.6) is 0 Å². The van der Waals surface area contributed by atoms with Crippen molar-refractivity contribution in [3.05, 3.63) is 29.8 Å². The number of rotatable bonds is 6. The maximum Gasteiger partial charge on any atom is 0.253 e. The molecule has 0 spiro atoms. The summed E-state index contributed by atoms with van der Waals surface area (Å²) in [5.41, 5.74) is 6.33. The molecule has 120 valence electrons. The highest BCUT2D eigenvalue weighted by atomic mass is 16.5. The summed E-state index contributed by atoms with van der Waals surface area (Å²) in [6, 6.07) is 6.94. The zero-order valence-corrected chi connectivity index (χ0v) is 12.6. The smallest absolute Gasteiger partial charge is 0.253 e. The van der Waals surface area contributed by atoms with Crippen molar-refractivity contribution in [1.82, 2.24) is 5.32 Å². The molecule has 4 N–H and O–H groups in total. The van der Waals surface area contributed by atoms with Crippen molar-refractivity contribution in [3.63, 3.8) is 0 Å². The predicted molar refractivity (Wildman–Crippen MR) is 84.7 cm³/mol. The van der Waals surface area contributed by atoms with Crippen molar-refractivity contribution >= 4 is 17.5 Å². The summed E-state index contributed by atoms with van der Waals surface area (Å²) >= 11 is 0. The molecule has 0 saturated carbocycles. The third kappa shape index (κ3) is 4.82. The van der Waals surface area contributed by atoms with Gasteiger partial charge in [0.2, 0.25) is 5.91 Å². The van der Waals surface area contributed by atoms with E-state index in [4.69, 9.17) is 10.5 Å². The first-order valence-corrected chi connectivity index (χ1v) is 7.69. The number of benzene rings is 1. The summed E-state index contributed by atoms with van der Waals surface area (Å²) in [5, 5.41) is 5.51. The molecule has 1 fully saturated rings. The normalized spacial score (nSPS) is 17.8. The van der Waals surface area contributed by atoms with Crippen LogP contribution in [0.15, 0.2) is 24.3 Å². The monoisotopic (exact) mass is 305 g/mol. The molecule has 2 amide bonds. The maximum absolute atomic E-state index is 12.1. The Bertz CT molecular complexity index is 513. The molecule has 1 atom stereocenters. The molecule has 1 heterocycles. The average molecular weight is 305 g/mol. The highest BCUT2D eigenvalue weighted by Crippen LogP contribution is 2.18. The van der Waals surface area contributed by atoms with E-state index in [0.717, 1.165) is 25.9 Å². The van der Waals surface area contributed by atoms with Crippen molar-refractivity contribution in [2.45, 2.75) is 31.8 Å². The minimum atomic E-state index is -0.240. The Morgan fingerprint density at radius 1 is 1.27 bits per heavy atom. The molecule has 0 radical (unpaired) electrons. The van der Waals surface area contributed by atoms with Crippen LogP contribution in [0.4, 0.5) is 5.69 Å². The van der Waals surface area contributed by atoms with Crippen LogP contribution in [-0.2, 0) is 9.53 Å². The number of amides is 2. The van der Waals surface area contributed by atoms with Gasteiger partial charge in [0.15, 0.2) is 0 Å². The summed E-state index contributed by atoms with van der Waals surface area (Å²) < 4.78 is 5.56. The fourth-order valence-corrected chi connectivity index (χ4v) is 2.45. The molecule has 1 saturated heterocycles. The van der Waals surface area contributed by atoms with Crippen LogP contribution < -0.4 is 16.4 Å². The highest BCUT2D eigenvalue weighted by Gasteiger charge is 2.19. The number of carbonyl (C=O) groups is 2. The first-order valence-electron chi connectivity index (χ1n) is 7.69. The Kier molecular flexibility index (Phi) is 6.36. The number of ether oxygens (including phenoxy) is 1. The lowest BCUT2D eigenvalue weighted by Crippen LogP contribution is -2.30. The van der Waals surface area contributed by atoms with Gasteiger partial charge in [-0.25, -0.2) is 0 Å². The first kappa shape index (κ1) is 16.5. The van der Waals surface area contributed by atoms with Crippen LogP contribution in [-0.4, -0.2) is 37.6 Å². The number of nitrogens with one attached hydrogen (secondary N) is 2. The second-order valence-corrected chi connectivity index (χ2v) is 5.33. The Balaban J connectivity index is 1.96. The predicted octanol–water partition coefficient (Wildman–Crippen LogP) is 1.27. The molecule has 1 unspecified atom stereocenters. The van der Waals surface area contributed by atoms with E-state index < -0.39 is 0 Å². The van der Waals surface area contributed by atoms with Gasteiger partial charge in [-0.15, -0.1) is 0 Å². The average Bonchev–Trinajstić information content (AvgIpc) is 2.54. The van der Waals surface area contributed by atoms with Gasteiger partial charge in [0.25, 0.3) is 5.91 Å². The zero-order chi connectivity index (χ0) is 15.8. The molecule has 6 nitrogen and oxygen atoms in total. The van der Waals surface area contributed by atoms with Crippen molar-refractivity contribution < 1.29 is 14.3 Å². The van der Waals surface area contributed by atoms with E-state index in [2.05, 4.69) is 10.6 Å². The summed E-state index contributed by atoms with van der Waals surface area (Å²) in [7, 11) is 0. The molecule has 0 bridgehead atoms. The van der Waals surface area contributed by atoms with Gasteiger partial charge < -0.3 is 21.1 Å². The third-order valence-corrected chi connectivity index (χ3v) is 3.56. The van der Waals surface area contributed by atoms with Gasteiger partial charge in [0.05, 0.1) is 23.8 Å². The molecule has 2 rings (SSSR count). The van der Waals surface area contributed by atoms with E-state index in [0.29, 0.717) is 30.8 Å². The van der Waals surface area contributed by atoms with Gasteiger partial charge >= 0.3 is 0 Å². The van der Waals surface area contributed by atoms with Gasteiger partial charge in [0.1, 0.15) is 0 Å². The van der Waals surface area contributed by atoms with Crippen molar-refractivity contribution in [2.24, 2.45) is 5.73 Å². The van der Waals surface area contributed by atoms with Crippen LogP contribution >= 0.6 is 0 Å². The van der Waals surface area contributed by atoms with E-state index in [1.54, 1.807) is 24.3 Å². The molecule has 6 heteroatoms. The Labute approximate surface area is 130 Å². The Hall–Kier alpha value is -1.92. The lowest BCUT2D eigenvalue weighted by molar-refractivity contribution is -0.119. The molecule has 22 heavy (non-hydrogen) atoms. The molecule has 0 aromatic heterocycles. The SMILES string of the molecule is NCCNC(=O)c1ccccc1NC(=O)CC1CCCCO1. The van der Waals surface area contributed by atoms with Gasteiger partial charge in [-0.3, -0.25) is 9.59 Å². The fourth-order valence-electron chi connectivity index (χ4n) is 2.45. The number of nitrogens with two attached hydrogens (primary N) is 1. The first-order chi connectivity index (χ1) is 10.7. The topological polar surface area (TPSA) is 93.5 Å². The van der Waals surface area contributed by atoms with E-state index in [1.807, 2.05) is 0 Å². The summed E-state index contributed by atoms with van der Waals surface area (Å²) in [6.07, 6.45) is 3.36. The number of carbonyl (C=O) groups excluding carboxylic acids is 2. The second-order valence-electron chi connectivity index (χ2n) is 5.33. The van der Waals surface area contributed by atoms with Crippen molar-refractivity contribution in [2.75, 3.05) is 25.0 Å². The van der Waals surface area contributed by atoms with Gasteiger partial charge in [0, 0.05) is 19.7 Å².